The van der Waals surface area contributed by atoms with E-state index in [4.69, 9.17) is 9.84 Å². The summed E-state index contributed by atoms with van der Waals surface area (Å²) in [6.45, 7) is 4.93. The van der Waals surface area contributed by atoms with Crippen LogP contribution in [0.3, 0.4) is 0 Å². The number of hydrogen-bond donors (Lipinski definition) is 2. The number of nitrogens with zero attached hydrogens (tertiary/aromatic N) is 1. The molecule has 2 N–H and O–H groups in total. The van der Waals surface area contributed by atoms with E-state index in [0.29, 0.717) is 12.8 Å². The van der Waals surface area contributed by atoms with Gasteiger partial charge in [-0.25, -0.2) is 4.65 Å². The number of carbonyl (C=O) groups is 3. The number of quaternary nitrogens is 1. The summed E-state index contributed by atoms with van der Waals surface area (Å²) in [5, 5.41) is 24.2. The Labute approximate surface area is 128 Å². The van der Waals surface area contributed by atoms with Crippen molar-refractivity contribution in [3.05, 3.63) is 5.21 Å². The van der Waals surface area contributed by atoms with Crippen LogP contribution in [0, 0.1) is 11.1 Å². The summed E-state index contributed by atoms with van der Waals surface area (Å²) in [7, 11) is 0. The molecule has 0 aliphatic carbocycles. The van der Waals surface area contributed by atoms with Gasteiger partial charge in [0.05, 0.1) is 12.6 Å². The lowest BCUT2D eigenvalue weighted by Gasteiger charge is -2.44. The van der Waals surface area contributed by atoms with E-state index in [-0.39, 0.29) is 24.9 Å². The molecule has 1 unspecified atom stereocenters. The largest absolute Gasteiger partial charge is 0.622 e. The van der Waals surface area contributed by atoms with E-state index in [2.05, 4.69) is 5.32 Å². The van der Waals surface area contributed by atoms with Crippen molar-refractivity contribution in [2.24, 2.45) is 5.92 Å². The highest BCUT2D eigenvalue weighted by atomic mass is 16.7. The van der Waals surface area contributed by atoms with E-state index in [9.17, 15) is 19.6 Å². The van der Waals surface area contributed by atoms with Crippen LogP contribution in [-0.4, -0.2) is 52.0 Å². The molecule has 2 amide bonds. The number of carbonyl (C=O) groups excluding carboxylic acids is 2. The van der Waals surface area contributed by atoms with E-state index in [1.165, 1.54) is 0 Å². The van der Waals surface area contributed by atoms with Crippen molar-refractivity contribution in [2.75, 3.05) is 6.54 Å². The van der Waals surface area contributed by atoms with Crippen LogP contribution in [0.5, 0.6) is 0 Å². The lowest BCUT2D eigenvalue weighted by molar-refractivity contribution is -0.816. The summed E-state index contributed by atoms with van der Waals surface area (Å²) in [6, 6.07) is -1.34. The Bertz CT molecular complexity index is 500. The third-order valence-electron chi connectivity index (χ3n) is 4.05. The van der Waals surface area contributed by atoms with Crippen LogP contribution in [0.25, 0.3) is 0 Å². The number of carboxylic acids is 1. The van der Waals surface area contributed by atoms with Gasteiger partial charge in [0.15, 0.2) is 6.04 Å². The summed E-state index contributed by atoms with van der Waals surface area (Å²) in [5.74, 6) is -1.54. The molecule has 2 fully saturated rings. The monoisotopic (exact) mass is 314 g/mol. The van der Waals surface area contributed by atoms with Gasteiger partial charge in [-0.3, -0.25) is 9.59 Å². The highest BCUT2D eigenvalue weighted by molar-refractivity contribution is 5.90. The molecule has 2 heterocycles. The Morgan fingerprint density at radius 1 is 1.45 bits per heavy atom. The summed E-state index contributed by atoms with van der Waals surface area (Å²) in [4.78, 5) is 34.5. The second-order valence-corrected chi connectivity index (χ2v) is 6.98. The van der Waals surface area contributed by atoms with Gasteiger partial charge in [0.25, 0.3) is 5.91 Å². The van der Waals surface area contributed by atoms with Crippen LogP contribution in [0.15, 0.2) is 0 Å². The fourth-order valence-electron chi connectivity index (χ4n) is 3.11. The van der Waals surface area contributed by atoms with Crippen molar-refractivity contribution < 1.29 is 28.9 Å². The van der Waals surface area contributed by atoms with Gasteiger partial charge in [-0.15, -0.1) is 0 Å². The Kier molecular flexibility index (Phi) is 4.18. The molecule has 8 nitrogen and oxygen atoms in total. The second-order valence-electron chi connectivity index (χ2n) is 6.98. The summed E-state index contributed by atoms with van der Waals surface area (Å²) < 4.78 is 3.86. The first-order chi connectivity index (χ1) is 10.0. The van der Waals surface area contributed by atoms with Crippen molar-refractivity contribution in [3.63, 3.8) is 0 Å². The summed E-state index contributed by atoms with van der Waals surface area (Å²) >= 11 is 0. The molecule has 22 heavy (non-hydrogen) atoms. The predicted octanol–water partition coefficient (Wildman–Crippen LogP) is 0.988. The molecule has 0 aromatic rings. The molecule has 0 radical (unpaired) electrons. The van der Waals surface area contributed by atoms with Gasteiger partial charge in [-0.1, -0.05) is 0 Å². The molecular formula is C14H22N2O6. The molecule has 0 bridgehead atoms. The average Bonchev–Trinajstić information content (AvgIpc) is 2.54. The van der Waals surface area contributed by atoms with Crippen molar-refractivity contribution >= 4 is 18.0 Å². The lowest BCUT2D eigenvalue weighted by Crippen LogP contribution is -2.71. The number of carboxylic acid groups (broad SMARTS) is 1. The lowest BCUT2D eigenvalue weighted by atomic mass is 9.88. The number of nitrogens with one attached hydrogen (secondary N) is 1. The van der Waals surface area contributed by atoms with Gasteiger partial charge in [-0.05, 0) is 33.6 Å². The predicted molar refractivity (Wildman–Crippen MR) is 75.4 cm³/mol. The minimum absolute atomic E-state index is 0.00707. The molecule has 0 spiro atoms. The first-order valence-corrected chi connectivity index (χ1v) is 7.39. The number of fused-ring (bicyclic) bond motifs is 1. The number of amides is 2. The van der Waals surface area contributed by atoms with E-state index in [1.807, 2.05) is 0 Å². The SMILES string of the molecule is CC(C)(C)OC(=O)[N+]1([O-])C[C@@H](CCCC(=O)O)[C@H]2NC(=O)[C@H]21. The first-order valence-electron chi connectivity index (χ1n) is 7.39. The highest BCUT2D eigenvalue weighted by Gasteiger charge is 2.64. The molecule has 2 rings (SSSR count). The first kappa shape index (κ1) is 16.7. The average molecular weight is 314 g/mol. The zero-order chi connectivity index (χ0) is 16.7. The van der Waals surface area contributed by atoms with Crippen LogP contribution in [0.1, 0.15) is 40.0 Å². The Hall–Kier alpha value is -1.67. The smallest absolute Gasteiger partial charge is 0.517 e. The van der Waals surface area contributed by atoms with Crippen LogP contribution in [-0.2, 0) is 14.3 Å². The second kappa shape index (κ2) is 5.51. The molecule has 8 heteroatoms. The standard InChI is InChI=1S/C14H22N2O6/c1-14(2,3)22-13(20)16(21)7-8(5-4-6-9(17)18)10-11(16)12(19)15-10/h8,10-11H,4-7H2,1-3H3,(H,15,19)(H,17,18)/t8-,10-,11+,16?/m1/s1. The van der Waals surface area contributed by atoms with Gasteiger partial charge in [0.1, 0.15) is 5.60 Å². The number of aliphatic carboxylic acids is 1. The van der Waals surface area contributed by atoms with Crippen LogP contribution >= 0.6 is 0 Å². The zero-order valence-electron chi connectivity index (χ0n) is 13.0. The Balaban J connectivity index is 2.07. The number of likely N-dealkylation sites (tertiary alicyclic amines) is 1. The topological polar surface area (TPSA) is 116 Å². The Morgan fingerprint density at radius 2 is 2.09 bits per heavy atom. The van der Waals surface area contributed by atoms with Crippen molar-refractivity contribution in [1.82, 2.24) is 5.32 Å². The van der Waals surface area contributed by atoms with Gasteiger partial charge in [-0.2, -0.15) is 4.79 Å². The zero-order valence-corrected chi connectivity index (χ0v) is 13.0. The number of ether oxygens (including phenoxy) is 1. The van der Waals surface area contributed by atoms with Crippen LogP contribution in [0.2, 0.25) is 0 Å². The third-order valence-corrected chi connectivity index (χ3v) is 4.05. The van der Waals surface area contributed by atoms with E-state index >= 15 is 0 Å². The van der Waals surface area contributed by atoms with Gasteiger partial charge in [0, 0.05) is 12.3 Å². The molecule has 2 aliphatic rings. The molecule has 0 saturated carbocycles. The quantitative estimate of drug-likeness (QED) is 0.454. The molecule has 0 aromatic heterocycles. The summed E-state index contributed by atoms with van der Waals surface area (Å²) in [5.41, 5.74) is -0.802. The fourth-order valence-corrected chi connectivity index (χ4v) is 3.11. The van der Waals surface area contributed by atoms with Crippen LogP contribution < -0.4 is 5.32 Å². The number of rotatable bonds is 4. The van der Waals surface area contributed by atoms with Crippen molar-refractivity contribution in [2.45, 2.75) is 57.7 Å². The minimum Gasteiger partial charge on any atom is -0.622 e. The van der Waals surface area contributed by atoms with Gasteiger partial charge >= 0.3 is 12.1 Å². The van der Waals surface area contributed by atoms with E-state index in [1.54, 1.807) is 20.8 Å². The van der Waals surface area contributed by atoms with Gasteiger partial charge in [0.2, 0.25) is 0 Å². The Morgan fingerprint density at radius 3 is 2.59 bits per heavy atom. The fraction of sp³-hybridized carbons (Fsp3) is 0.786. The van der Waals surface area contributed by atoms with E-state index in [0.717, 1.165) is 0 Å². The minimum atomic E-state index is -1.30. The molecule has 2 saturated heterocycles. The molecule has 2 aliphatic heterocycles. The highest BCUT2D eigenvalue weighted by Crippen LogP contribution is 2.39. The molecule has 0 aromatic carbocycles. The summed E-state index contributed by atoms with van der Waals surface area (Å²) in [6.07, 6.45) is -0.0441. The number of hydrogen-bond acceptors (Lipinski definition) is 5. The number of β-lactam (4-membered cyclic amide) rings is 1. The van der Waals surface area contributed by atoms with Crippen molar-refractivity contribution in [3.8, 4) is 0 Å². The molecule has 4 atom stereocenters. The molecular weight excluding hydrogens is 292 g/mol. The van der Waals surface area contributed by atoms with Crippen LogP contribution in [0.4, 0.5) is 4.79 Å². The van der Waals surface area contributed by atoms with Crippen molar-refractivity contribution in [1.29, 1.82) is 0 Å². The van der Waals surface area contributed by atoms with E-state index < -0.39 is 34.3 Å². The maximum Gasteiger partial charge on any atom is 0.517 e. The normalized spacial score (nSPS) is 33.6. The number of hydroxylamine groups is 3. The maximum absolute atomic E-state index is 12.9. The third kappa shape index (κ3) is 3.07. The van der Waals surface area contributed by atoms with Gasteiger partial charge < -0.3 is 20.4 Å². The molecule has 124 valence electrons. The maximum atomic E-state index is 12.9.